The first-order valence-corrected chi connectivity index (χ1v) is 9.86. The van der Waals surface area contributed by atoms with E-state index in [-0.39, 0.29) is 10.8 Å². The number of amides is 1. The van der Waals surface area contributed by atoms with Gasteiger partial charge in [-0.3, -0.25) is 4.79 Å². The second-order valence-electron chi connectivity index (χ2n) is 6.04. The molecule has 7 nitrogen and oxygen atoms in total. The summed E-state index contributed by atoms with van der Waals surface area (Å²) in [7, 11) is -2.04. The zero-order valence-corrected chi connectivity index (χ0v) is 15.3. The van der Waals surface area contributed by atoms with Crippen molar-refractivity contribution in [2.45, 2.75) is 24.2 Å². The van der Waals surface area contributed by atoms with Crippen LogP contribution in [0.15, 0.2) is 47.5 Å². The summed E-state index contributed by atoms with van der Waals surface area (Å²) in [5.74, 6) is 0.0452. The summed E-state index contributed by atoms with van der Waals surface area (Å²) in [6.07, 6.45) is 4.21. The van der Waals surface area contributed by atoms with Crippen LogP contribution in [0.1, 0.15) is 29.6 Å². The van der Waals surface area contributed by atoms with E-state index >= 15 is 0 Å². The molecule has 0 atom stereocenters. The number of carbonyl (C=O) groups excluding carboxylic acids is 1. The third-order valence-electron chi connectivity index (χ3n) is 4.25. The minimum Gasteiger partial charge on any atom is -0.481 e. The Hall–Kier alpha value is -2.45. The molecule has 0 spiro atoms. The van der Waals surface area contributed by atoms with Crippen LogP contribution < -0.4 is 10.1 Å². The molecule has 1 aliphatic rings. The second-order valence-corrected chi connectivity index (χ2v) is 7.97. The predicted molar refractivity (Wildman–Crippen MR) is 97.8 cm³/mol. The van der Waals surface area contributed by atoms with Crippen molar-refractivity contribution >= 4 is 21.6 Å². The number of pyridine rings is 1. The molecule has 0 bridgehead atoms. The van der Waals surface area contributed by atoms with Crippen LogP contribution >= 0.6 is 0 Å². The zero-order chi connectivity index (χ0) is 18.6. The van der Waals surface area contributed by atoms with Gasteiger partial charge >= 0.3 is 0 Å². The van der Waals surface area contributed by atoms with Crippen molar-refractivity contribution in [1.82, 2.24) is 9.29 Å². The summed E-state index contributed by atoms with van der Waals surface area (Å²) in [5.41, 5.74) is 0.777. The predicted octanol–water partition coefficient (Wildman–Crippen LogP) is 2.52. The number of benzene rings is 1. The number of hydrogen-bond acceptors (Lipinski definition) is 5. The van der Waals surface area contributed by atoms with Crippen LogP contribution in [-0.2, 0) is 10.0 Å². The normalized spacial score (nSPS) is 15.4. The van der Waals surface area contributed by atoms with Crippen molar-refractivity contribution in [3.8, 4) is 5.88 Å². The van der Waals surface area contributed by atoms with Gasteiger partial charge in [-0.05, 0) is 37.1 Å². The molecule has 0 radical (unpaired) electrons. The van der Waals surface area contributed by atoms with Gasteiger partial charge in [-0.1, -0.05) is 12.5 Å². The fraction of sp³-hybridized carbons (Fsp3) is 0.333. The highest BCUT2D eigenvalue weighted by Gasteiger charge is 2.26. The van der Waals surface area contributed by atoms with E-state index in [4.69, 9.17) is 4.74 Å². The Bertz CT molecular complexity index is 876. The number of nitrogens with one attached hydrogen (secondary N) is 1. The molecule has 26 heavy (non-hydrogen) atoms. The van der Waals surface area contributed by atoms with Crippen molar-refractivity contribution in [2.75, 3.05) is 25.5 Å². The largest absolute Gasteiger partial charge is 0.481 e. The highest BCUT2D eigenvalue weighted by Crippen LogP contribution is 2.23. The molecule has 2 aromatic rings. The van der Waals surface area contributed by atoms with Crippen LogP contribution in [-0.4, -0.2) is 43.8 Å². The van der Waals surface area contributed by atoms with Crippen LogP contribution in [0, 0.1) is 0 Å². The van der Waals surface area contributed by atoms with E-state index in [0.29, 0.717) is 30.2 Å². The maximum atomic E-state index is 12.8. The van der Waals surface area contributed by atoms with Crippen LogP contribution in [0.2, 0.25) is 0 Å². The average molecular weight is 375 g/mol. The number of piperidine rings is 1. The van der Waals surface area contributed by atoms with Crippen molar-refractivity contribution in [1.29, 1.82) is 0 Å². The van der Waals surface area contributed by atoms with Gasteiger partial charge in [0.15, 0.2) is 0 Å². The molecule has 138 valence electrons. The SMILES string of the molecule is COc1ccc(C(=O)Nc2cccc(S(=O)(=O)N3CCCCC3)c2)cn1. The molecule has 0 unspecified atom stereocenters. The van der Waals surface area contributed by atoms with Crippen molar-refractivity contribution < 1.29 is 17.9 Å². The molecule has 0 aliphatic carbocycles. The smallest absolute Gasteiger partial charge is 0.257 e. The standard InChI is InChI=1S/C18H21N3O4S/c1-25-17-9-8-14(13-19-17)18(22)20-15-6-5-7-16(12-15)26(23,24)21-10-3-2-4-11-21/h5-9,12-13H,2-4,10-11H2,1H3,(H,20,22). The topological polar surface area (TPSA) is 88.6 Å². The first-order valence-electron chi connectivity index (χ1n) is 8.42. The summed E-state index contributed by atoms with van der Waals surface area (Å²) in [6.45, 7) is 1.08. The van der Waals surface area contributed by atoms with E-state index in [2.05, 4.69) is 10.3 Å². The summed E-state index contributed by atoms with van der Waals surface area (Å²) in [6, 6.07) is 9.50. The lowest BCUT2D eigenvalue weighted by Crippen LogP contribution is -2.35. The first kappa shape index (κ1) is 18.3. The molecular weight excluding hydrogens is 354 g/mol. The van der Waals surface area contributed by atoms with E-state index in [1.165, 1.54) is 23.7 Å². The van der Waals surface area contributed by atoms with Gasteiger partial charge in [0.2, 0.25) is 15.9 Å². The van der Waals surface area contributed by atoms with Gasteiger partial charge < -0.3 is 10.1 Å². The fourth-order valence-corrected chi connectivity index (χ4v) is 4.39. The molecule has 0 saturated carbocycles. The van der Waals surface area contributed by atoms with Gasteiger partial charge in [0.05, 0.1) is 17.6 Å². The Morgan fingerprint density at radius 2 is 1.92 bits per heavy atom. The zero-order valence-electron chi connectivity index (χ0n) is 14.5. The summed E-state index contributed by atoms with van der Waals surface area (Å²) in [5, 5.41) is 2.71. The molecule has 1 aromatic heterocycles. The third-order valence-corrected chi connectivity index (χ3v) is 6.15. The van der Waals surface area contributed by atoms with Gasteiger partial charge in [-0.15, -0.1) is 0 Å². The van der Waals surface area contributed by atoms with Gasteiger partial charge in [-0.2, -0.15) is 4.31 Å². The van der Waals surface area contributed by atoms with Crippen LogP contribution in [0.25, 0.3) is 0 Å². The quantitative estimate of drug-likeness (QED) is 0.867. The highest BCUT2D eigenvalue weighted by molar-refractivity contribution is 7.89. The maximum absolute atomic E-state index is 12.8. The summed E-state index contributed by atoms with van der Waals surface area (Å²) in [4.78, 5) is 16.5. The van der Waals surface area contributed by atoms with E-state index in [9.17, 15) is 13.2 Å². The lowest BCUT2D eigenvalue weighted by Gasteiger charge is -2.26. The Kier molecular flexibility index (Phi) is 5.53. The minimum atomic E-state index is -3.54. The first-order chi connectivity index (χ1) is 12.5. The average Bonchev–Trinajstić information content (AvgIpc) is 2.69. The van der Waals surface area contributed by atoms with Crippen molar-refractivity contribution in [3.05, 3.63) is 48.2 Å². The van der Waals surface area contributed by atoms with Gasteiger partial charge in [0.1, 0.15) is 0 Å². The monoisotopic (exact) mass is 375 g/mol. The number of hydrogen-bond donors (Lipinski definition) is 1. The van der Waals surface area contributed by atoms with Crippen LogP contribution in [0.5, 0.6) is 5.88 Å². The number of aromatic nitrogens is 1. The molecule has 1 aromatic carbocycles. The van der Waals surface area contributed by atoms with E-state index < -0.39 is 10.0 Å². The Morgan fingerprint density at radius 3 is 2.58 bits per heavy atom. The third kappa shape index (κ3) is 4.03. The van der Waals surface area contributed by atoms with Gasteiger partial charge in [-0.25, -0.2) is 13.4 Å². The number of ether oxygens (including phenoxy) is 1. The fourth-order valence-electron chi connectivity index (χ4n) is 2.83. The maximum Gasteiger partial charge on any atom is 0.257 e. The lowest BCUT2D eigenvalue weighted by molar-refractivity contribution is 0.102. The number of anilines is 1. The molecule has 1 aliphatic heterocycles. The van der Waals surface area contributed by atoms with Crippen LogP contribution in [0.3, 0.4) is 0 Å². The van der Waals surface area contributed by atoms with Crippen LogP contribution in [0.4, 0.5) is 5.69 Å². The summed E-state index contributed by atoms with van der Waals surface area (Å²) >= 11 is 0. The highest BCUT2D eigenvalue weighted by atomic mass is 32.2. The number of nitrogens with zero attached hydrogens (tertiary/aromatic N) is 2. The number of sulfonamides is 1. The molecule has 1 amide bonds. The Balaban J connectivity index is 1.77. The van der Waals surface area contributed by atoms with Gasteiger partial charge in [0, 0.05) is 31.0 Å². The molecule has 2 heterocycles. The molecule has 1 saturated heterocycles. The molecule has 1 N–H and O–H groups in total. The molecule has 8 heteroatoms. The lowest BCUT2D eigenvalue weighted by atomic mass is 10.2. The van der Waals surface area contributed by atoms with E-state index in [1.807, 2.05) is 0 Å². The number of methoxy groups -OCH3 is 1. The molecule has 1 fully saturated rings. The van der Waals surface area contributed by atoms with E-state index in [1.54, 1.807) is 30.3 Å². The van der Waals surface area contributed by atoms with Gasteiger partial charge in [0.25, 0.3) is 5.91 Å². The second kappa shape index (κ2) is 7.84. The molecule has 3 rings (SSSR count). The van der Waals surface area contributed by atoms with E-state index in [0.717, 1.165) is 19.3 Å². The van der Waals surface area contributed by atoms with Crippen molar-refractivity contribution in [3.63, 3.8) is 0 Å². The number of carbonyl (C=O) groups is 1. The van der Waals surface area contributed by atoms with Crippen molar-refractivity contribution in [2.24, 2.45) is 0 Å². The minimum absolute atomic E-state index is 0.185. The Morgan fingerprint density at radius 1 is 1.15 bits per heavy atom. The number of rotatable bonds is 5. The molecular formula is C18H21N3O4S. The summed E-state index contributed by atoms with van der Waals surface area (Å²) < 4.78 is 32.0. The Labute approximate surface area is 153 Å².